The van der Waals surface area contributed by atoms with Crippen LogP contribution in [0.1, 0.15) is 102 Å². The summed E-state index contributed by atoms with van der Waals surface area (Å²) in [5.41, 5.74) is -0.547. The third-order valence-electron chi connectivity index (χ3n) is 15.5. The number of Topliss-reactive ketones (excluding diaryl/α,β-unsaturated/α-hetero) is 1. The summed E-state index contributed by atoms with van der Waals surface area (Å²) in [5.74, 6) is -0.387. The molecule has 2 amide bonds. The molecular weight excluding hydrogens is 1060 g/mol. The van der Waals surface area contributed by atoms with Crippen LogP contribution in [-0.4, -0.2) is 136 Å². The first-order valence-electron chi connectivity index (χ1n) is 26.6. The van der Waals surface area contributed by atoms with Gasteiger partial charge in [-0.3, -0.25) is 24.7 Å². The second-order valence-electron chi connectivity index (χ2n) is 22.8. The maximum Gasteiger partial charge on any atom is 0.407 e. The molecule has 80 heavy (non-hydrogen) atoms. The van der Waals surface area contributed by atoms with E-state index in [1.807, 2.05) is 17.4 Å². The largest absolute Gasteiger partial charge is 0.462 e. The van der Waals surface area contributed by atoms with Crippen molar-refractivity contribution in [2.75, 3.05) is 44.9 Å². The number of aliphatic hydroxyl groups excluding tert-OH is 1. The number of hydrogen-bond acceptors (Lipinski definition) is 13. The van der Waals surface area contributed by atoms with E-state index < -0.39 is 114 Å². The number of alkyl halides is 5. The number of nitrogens with zero attached hydrogens (tertiary/aromatic N) is 6. The number of amides is 2. The minimum absolute atomic E-state index is 0.184. The summed E-state index contributed by atoms with van der Waals surface area (Å²) in [5, 5.41) is 18.9. The number of ketones is 1. The fourth-order valence-corrected chi connectivity index (χ4v) is 10.5. The van der Waals surface area contributed by atoms with E-state index in [-0.39, 0.29) is 23.8 Å². The summed E-state index contributed by atoms with van der Waals surface area (Å²) in [6.45, 7) is 5.24. The number of hydrogen-bond donors (Lipinski definition) is 3. The van der Waals surface area contributed by atoms with Crippen molar-refractivity contribution in [1.82, 2.24) is 35.4 Å². The van der Waals surface area contributed by atoms with Gasteiger partial charge in [-0.15, -0.1) is 0 Å². The lowest BCUT2D eigenvalue weighted by Crippen LogP contribution is -2.62. The van der Waals surface area contributed by atoms with Crippen LogP contribution in [-0.2, 0) is 41.6 Å². The first kappa shape index (κ1) is 59.5. The van der Waals surface area contributed by atoms with Gasteiger partial charge in [-0.05, 0) is 105 Å². The Bertz CT molecular complexity index is 2880. The number of alkyl carbamates (subject to hydrolysis) is 1. The number of pyridine rings is 1. The molecule has 2 aromatic carbocycles. The van der Waals surface area contributed by atoms with Crippen molar-refractivity contribution in [3.8, 4) is 23.1 Å². The third-order valence-corrected chi connectivity index (χ3v) is 15.5. The number of benzene rings is 2. The van der Waals surface area contributed by atoms with Gasteiger partial charge in [-0.1, -0.05) is 44.7 Å². The predicted octanol–water partition coefficient (Wildman–Crippen LogP) is 8.15. The van der Waals surface area contributed by atoms with E-state index in [1.165, 1.54) is 0 Å². The zero-order valence-electron chi connectivity index (χ0n) is 45.4. The summed E-state index contributed by atoms with van der Waals surface area (Å²) in [7, 11) is 0.909. The van der Waals surface area contributed by atoms with E-state index >= 15 is 8.78 Å². The van der Waals surface area contributed by atoms with E-state index in [4.69, 9.17) is 14.5 Å². The molecule has 0 spiro atoms. The normalized spacial score (nSPS) is 19.4. The quantitative estimate of drug-likeness (QED) is 0.0315. The van der Waals surface area contributed by atoms with Crippen molar-refractivity contribution in [2.45, 2.75) is 135 Å². The number of esters is 1. The lowest BCUT2D eigenvalue weighted by atomic mass is 9.77. The van der Waals surface area contributed by atoms with E-state index in [0.717, 1.165) is 95.3 Å². The molecule has 3 N–H and O–H groups in total. The monoisotopic (exact) mass is 1120 g/mol. The Balaban J connectivity index is 1.06. The Hall–Kier alpha value is -6.61. The van der Waals surface area contributed by atoms with Gasteiger partial charge in [0.1, 0.15) is 29.6 Å². The fraction of sp³-hybridized carbons (Fsp3) is 0.544. The van der Waals surface area contributed by atoms with Crippen molar-refractivity contribution in [3.63, 3.8) is 0 Å². The van der Waals surface area contributed by atoms with E-state index in [1.54, 1.807) is 51.2 Å². The molecule has 4 aromatic rings. The maximum atomic E-state index is 16.1. The molecule has 4 fully saturated rings. The first-order chi connectivity index (χ1) is 37.8. The molecule has 2 unspecified atom stereocenters. The summed E-state index contributed by atoms with van der Waals surface area (Å²) in [4.78, 5) is 63.8. The van der Waals surface area contributed by atoms with Crippen LogP contribution in [0.25, 0.3) is 11.3 Å². The highest BCUT2D eigenvalue weighted by Crippen LogP contribution is 2.42. The number of hydrazine groups is 1. The molecule has 3 saturated heterocycles. The Morgan fingerprint density at radius 3 is 2.05 bits per heavy atom. The number of halogens is 7. The average molecular weight is 1130 g/mol. The van der Waals surface area contributed by atoms with Crippen LogP contribution in [0.2, 0.25) is 0 Å². The highest BCUT2D eigenvalue weighted by Gasteiger charge is 2.56. The molecular formula is C57H67F7N8O8. The van der Waals surface area contributed by atoms with Crippen molar-refractivity contribution in [3.05, 3.63) is 101 Å². The Morgan fingerprint density at radius 2 is 1.51 bits per heavy atom. The van der Waals surface area contributed by atoms with E-state index in [2.05, 4.69) is 36.9 Å². The molecule has 4 aliphatic rings. The van der Waals surface area contributed by atoms with Crippen LogP contribution in [0.5, 0.6) is 0 Å². The molecule has 23 heteroatoms. The van der Waals surface area contributed by atoms with Crippen molar-refractivity contribution < 1.29 is 69.2 Å². The minimum atomic E-state index is -5.04. The maximum absolute atomic E-state index is 16.1. The number of nitrogens with one attached hydrogen (secondary N) is 2. The van der Waals surface area contributed by atoms with Crippen LogP contribution in [0, 0.1) is 46.1 Å². The van der Waals surface area contributed by atoms with E-state index in [9.17, 15) is 46.2 Å². The summed E-state index contributed by atoms with van der Waals surface area (Å²) >= 11 is 0. The highest BCUT2D eigenvalue weighted by atomic mass is 19.4. The van der Waals surface area contributed by atoms with Gasteiger partial charge in [0, 0.05) is 79.3 Å². The Labute approximate surface area is 459 Å². The molecule has 8 rings (SSSR count). The third kappa shape index (κ3) is 14.5. The number of aromatic nitrogens is 3. The predicted molar refractivity (Wildman–Crippen MR) is 278 cm³/mol. The number of methoxy groups -OCH3 is 1. The molecule has 1 aliphatic carbocycles. The van der Waals surface area contributed by atoms with Gasteiger partial charge in [-0.2, -0.15) is 27.1 Å². The van der Waals surface area contributed by atoms with Gasteiger partial charge in [-0.25, -0.2) is 28.3 Å². The summed E-state index contributed by atoms with van der Waals surface area (Å²) < 4.78 is 119. The second kappa shape index (κ2) is 24.6. The van der Waals surface area contributed by atoms with Crippen LogP contribution in [0.15, 0.2) is 67.0 Å². The molecule has 5 heterocycles. The zero-order valence-corrected chi connectivity index (χ0v) is 45.4. The molecule has 16 nitrogen and oxygen atoms in total. The summed E-state index contributed by atoms with van der Waals surface area (Å²) in [6, 6.07) is 12.5. The number of rotatable bonds is 21. The standard InChI is InChI=1S/C57H67F7N8O8/c1-55(2,3)43(25-50(75)80-41-16-17-41)52(76)68-70(29-42-44(58)22-36(23-45(42)59)46-19-20-71(67-46)53(60)61)30-48(74)37(24-47(73)51(66-54(77)78-6)56(4,5)57(62,63)64)21-34-10-7-33(8-11-34)9-12-35-13-18-49(65-26-35)69-27-38-14-15-39(28-69)72(38)40-31-79-32-40/h7-8,10-11,13,18-20,22-23,26,37-41,43,48,51,53,74H,14-17,21,24-25,27-32H2,1-6H3,(H,66,77)(H,68,76)/t37-,38?,39?,43-,48+,51-/m1/s1. The molecule has 2 aromatic heterocycles. The number of anilines is 1. The first-order valence-corrected chi connectivity index (χ1v) is 26.6. The van der Waals surface area contributed by atoms with Crippen molar-refractivity contribution in [2.24, 2.45) is 22.7 Å². The van der Waals surface area contributed by atoms with E-state index in [0.29, 0.717) is 52.3 Å². The topological polar surface area (TPSA) is 181 Å². The number of carbonyl (C=O) groups excluding carboxylic acids is 4. The van der Waals surface area contributed by atoms with Gasteiger partial charge in [0.2, 0.25) is 5.91 Å². The number of aliphatic hydroxyl groups is 1. The number of piperazine rings is 1. The van der Waals surface area contributed by atoms with Crippen molar-refractivity contribution in [1.29, 1.82) is 0 Å². The second-order valence-corrected chi connectivity index (χ2v) is 22.8. The van der Waals surface area contributed by atoms with Gasteiger partial charge in [0.25, 0.3) is 0 Å². The lowest BCUT2D eigenvalue weighted by Gasteiger charge is -2.47. The average Bonchev–Trinajstić information content (AvgIpc) is 4.00. The lowest BCUT2D eigenvalue weighted by molar-refractivity contribution is -0.220. The highest BCUT2D eigenvalue weighted by molar-refractivity contribution is 5.88. The molecule has 3 aliphatic heterocycles. The number of carbonyl (C=O) groups is 4. The fourth-order valence-electron chi connectivity index (χ4n) is 10.5. The Kier molecular flexibility index (Phi) is 18.3. The van der Waals surface area contributed by atoms with Crippen LogP contribution >= 0.6 is 0 Å². The smallest absolute Gasteiger partial charge is 0.407 e. The van der Waals surface area contributed by atoms with Crippen LogP contribution in [0.4, 0.5) is 41.3 Å². The number of fused-ring (bicyclic) bond motifs is 2. The van der Waals surface area contributed by atoms with Gasteiger partial charge < -0.3 is 29.5 Å². The van der Waals surface area contributed by atoms with Crippen molar-refractivity contribution >= 4 is 29.6 Å². The SMILES string of the molecule is COC(=O)N[C@H](C(=O)C[C@@H](Cc1ccc(C#Cc2ccc(N3CC4CCC(C3)N4C3COC3)nc2)cc1)[C@@H](O)CN(Cc1c(F)cc(-c2ccn(C(F)F)n2)cc1F)NC(=O)[C@@H](CC(=O)OC1CC1)C(C)(C)C)C(C)(C)C(F)(F)F. The molecule has 6 atom stereocenters. The Morgan fingerprint density at radius 1 is 0.875 bits per heavy atom. The van der Waals surface area contributed by atoms with Gasteiger partial charge >= 0.3 is 24.8 Å². The minimum Gasteiger partial charge on any atom is -0.462 e. The van der Waals surface area contributed by atoms with Gasteiger partial charge in [0.15, 0.2) is 5.78 Å². The molecule has 0 radical (unpaired) electrons. The summed E-state index contributed by atoms with van der Waals surface area (Å²) in [6.07, 6.45) is -3.62. The zero-order chi connectivity index (χ0) is 57.8. The molecule has 1 saturated carbocycles. The number of ether oxygens (including phenoxy) is 3. The van der Waals surface area contributed by atoms with Crippen LogP contribution < -0.4 is 15.6 Å². The van der Waals surface area contributed by atoms with Gasteiger partial charge in [0.05, 0.1) is 55.9 Å². The van der Waals surface area contributed by atoms with Crippen LogP contribution in [0.3, 0.4) is 0 Å². The molecule has 432 valence electrons. The molecule has 2 bridgehead atoms.